The van der Waals surface area contributed by atoms with Crippen molar-refractivity contribution in [3.63, 3.8) is 0 Å². The predicted molar refractivity (Wildman–Crippen MR) is 108 cm³/mol. The second-order valence-corrected chi connectivity index (χ2v) is 9.54. The van der Waals surface area contributed by atoms with Crippen LogP contribution in [0.25, 0.3) is 0 Å². The van der Waals surface area contributed by atoms with Gasteiger partial charge >= 0.3 is 0 Å². The van der Waals surface area contributed by atoms with E-state index in [1.807, 2.05) is 11.0 Å². The zero-order valence-electron chi connectivity index (χ0n) is 15.8. The van der Waals surface area contributed by atoms with Crippen LogP contribution < -0.4 is 5.32 Å². The lowest BCUT2D eigenvalue weighted by Crippen LogP contribution is -2.44. The van der Waals surface area contributed by atoms with Gasteiger partial charge in [0.05, 0.1) is 16.5 Å². The number of thiophene rings is 1. The molecule has 2 heterocycles. The van der Waals surface area contributed by atoms with E-state index in [-0.39, 0.29) is 17.3 Å². The van der Waals surface area contributed by atoms with Gasteiger partial charge in [-0.1, -0.05) is 0 Å². The Hall–Kier alpha value is -2.32. The molecule has 1 aromatic carbocycles. The zero-order valence-corrected chi connectivity index (χ0v) is 17.5. The summed E-state index contributed by atoms with van der Waals surface area (Å²) < 4.78 is 40.1. The lowest BCUT2D eigenvalue weighted by atomic mass is 10.2. The van der Waals surface area contributed by atoms with Crippen molar-refractivity contribution in [2.45, 2.75) is 24.3 Å². The van der Waals surface area contributed by atoms with Crippen LogP contribution in [-0.4, -0.2) is 55.8 Å². The van der Waals surface area contributed by atoms with Gasteiger partial charge in [-0.15, -0.1) is 11.3 Å². The Morgan fingerprint density at radius 2 is 1.93 bits per heavy atom. The zero-order chi connectivity index (χ0) is 21.0. The first-order valence-electron chi connectivity index (χ1n) is 9.11. The second-order valence-electron chi connectivity index (χ2n) is 6.69. The molecule has 1 fully saturated rings. The lowest BCUT2D eigenvalue weighted by Gasteiger charge is -2.26. The second kappa shape index (κ2) is 9.00. The molecule has 1 aliphatic heterocycles. The van der Waals surface area contributed by atoms with E-state index in [0.29, 0.717) is 36.6 Å². The number of rotatable bonds is 5. The van der Waals surface area contributed by atoms with Crippen molar-refractivity contribution >= 4 is 32.3 Å². The van der Waals surface area contributed by atoms with Crippen molar-refractivity contribution in [1.82, 2.24) is 9.21 Å². The number of benzene rings is 1. The number of carbonyl (C=O) groups excluding carboxylic acids is 1. The van der Waals surface area contributed by atoms with E-state index in [0.717, 1.165) is 12.1 Å². The molecule has 1 aromatic heterocycles. The summed E-state index contributed by atoms with van der Waals surface area (Å²) in [7, 11) is -3.72. The summed E-state index contributed by atoms with van der Waals surface area (Å²) >= 11 is 1.29. The third kappa shape index (κ3) is 4.82. The molecule has 154 valence electrons. The number of nitrogens with one attached hydrogen (secondary N) is 1. The third-order valence-corrected chi connectivity index (χ3v) is 7.63. The first-order chi connectivity index (χ1) is 13.8. The molecule has 0 bridgehead atoms. The Bertz CT molecular complexity index is 1010. The van der Waals surface area contributed by atoms with Crippen molar-refractivity contribution in [3.8, 4) is 6.07 Å². The van der Waals surface area contributed by atoms with Crippen molar-refractivity contribution in [2.75, 3.05) is 31.5 Å². The summed E-state index contributed by atoms with van der Waals surface area (Å²) in [6, 6.07) is 7.99. The summed E-state index contributed by atoms with van der Waals surface area (Å²) in [5, 5.41) is 14.1. The van der Waals surface area contributed by atoms with Crippen LogP contribution in [0.3, 0.4) is 0 Å². The molecule has 3 rings (SSSR count). The summed E-state index contributed by atoms with van der Waals surface area (Å²) in [5.41, 5.74) is 0.419. The standard InChI is InChI=1S/C19H21FN4O3S2/c1-14(18(25)22-19-15(13-21)7-12-28-19)23-8-2-9-24(11-10-23)29(26,27)17-5-3-16(20)4-6-17/h3-7,12,14H,2,8-11H2,1H3,(H,22,25). The van der Waals surface area contributed by atoms with Gasteiger partial charge in [0.15, 0.2) is 0 Å². The largest absolute Gasteiger partial charge is 0.315 e. The van der Waals surface area contributed by atoms with E-state index >= 15 is 0 Å². The lowest BCUT2D eigenvalue weighted by molar-refractivity contribution is -0.120. The maximum absolute atomic E-state index is 13.1. The number of anilines is 1. The number of amides is 1. The molecule has 1 unspecified atom stereocenters. The van der Waals surface area contributed by atoms with Crippen LogP contribution in [0.1, 0.15) is 18.9 Å². The smallest absolute Gasteiger partial charge is 0.243 e. The third-order valence-electron chi connectivity index (χ3n) is 4.89. The van der Waals surface area contributed by atoms with E-state index in [2.05, 4.69) is 5.32 Å². The van der Waals surface area contributed by atoms with Gasteiger partial charge in [0.25, 0.3) is 0 Å². The molecule has 1 atom stereocenters. The molecule has 1 saturated heterocycles. The Kier molecular flexibility index (Phi) is 6.64. The van der Waals surface area contributed by atoms with Crippen LogP contribution in [0, 0.1) is 17.1 Å². The molecule has 0 radical (unpaired) electrons. The Balaban J connectivity index is 1.65. The molecule has 29 heavy (non-hydrogen) atoms. The van der Waals surface area contributed by atoms with E-state index < -0.39 is 21.9 Å². The van der Waals surface area contributed by atoms with Crippen LogP contribution >= 0.6 is 11.3 Å². The maximum atomic E-state index is 13.1. The summed E-state index contributed by atoms with van der Waals surface area (Å²) in [4.78, 5) is 14.6. The number of nitrogens with zero attached hydrogens (tertiary/aromatic N) is 3. The van der Waals surface area contributed by atoms with E-state index in [1.54, 1.807) is 18.4 Å². The van der Waals surface area contributed by atoms with Gasteiger partial charge in [-0.3, -0.25) is 9.69 Å². The van der Waals surface area contributed by atoms with E-state index in [4.69, 9.17) is 5.26 Å². The van der Waals surface area contributed by atoms with Gasteiger partial charge in [-0.05, 0) is 49.1 Å². The average molecular weight is 437 g/mol. The van der Waals surface area contributed by atoms with Crippen LogP contribution in [0.15, 0.2) is 40.6 Å². The molecule has 1 amide bonds. The van der Waals surface area contributed by atoms with Gasteiger partial charge in [0, 0.05) is 26.2 Å². The van der Waals surface area contributed by atoms with Crippen LogP contribution in [-0.2, 0) is 14.8 Å². The molecular weight excluding hydrogens is 415 g/mol. The molecular formula is C19H21FN4O3S2. The molecule has 0 spiro atoms. The minimum absolute atomic E-state index is 0.0554. The highest BCUT2D eigenvalue weighted by molar-refractivity contribution is 7.89. The molecule has 10 heteroatoms. The highest BCUT2D eigenvalue weighted by Crippen LogP contribution is 2.23. The van der Waals surface area contributed by atoms with Gasteiger partial charge in [0.2, 0.25) is 15.9 Å². The first-order valence-corrected chi connectivity index (χ1v) is 11.4. The van der Waals surface area contributed by atoms with Crippen LogP contribution in [0.2, 0.25) is 0 Å². The number of hydrogen-bond acceptors (Lipinski definition) is 6. The monoisotopic (exact) mass is 436 g/mol. The normalized spacial score (nSPS) is 17.3. The summed E-state index contributed by atoms with van der Waals surface area (Å²) in [6.07, 6.45) is 0.570. The Morgan fingerprint density at radius 3 is 2.62 bits per heavy atom. The maximum Gasteiger partial charge on any atom is 0.243 e. The van der Waals surface area contributed by atoms with Crippen LogP contribution in [0.5, 0.6) is 0 Å². The topological polar surface area (TPSA) is 93.5 Å². The van der Waals surface area contributed by atoms with Gasteiger partial charge in [-0.25, -0.2) is 12.8 Å². The fraction of sp³-hybridized carbons (Fsp3) is 0.368. The van der Waals surface area contributed by atoms with Gasteiger partial charge in [-0.2, -0.15) is 9.57 Å². The van der Waals surface area contributed by atoms with Crippen molar-refractivity contribution in [3.05, 3.63) is 47.1 Å². The van der Waals surface area contributed by atoms with E-state index in [9.17, 15) is 17.6 Å². The highest BCUT2D eigenvalue weighted by Gasteiger charge is 2.30. The minimum Gasteiger partial charge on any atom is -0.315 e. The molecule has 1 aliphatic rings. The number of sulfonamides is 1. The van der Waals surface area contributed by atoms with E-state index in [1.165, 1.54) is 27.8 Å². The van der Waals surface area contributed by atoms with Crippen molar-refractivity contribution in [1.29, 1.82) is 5.26 Å². The number of carbonyl (C=O) groups is 1. The summed E-state index contributed by atoms with van der Waals surface area (Å²) in [5.74, 6) is -0.727. The van der Waals surface area contributed by atoms with Crippen molar-refractivity contribution < 1.29 is 17.6 Å². The summed E-state index contributed by atoms with van der Waals surface area (Å²) in [6.45, 7) is 3.29. The van der Waals surface area contributed by atoms with Gasteiger partial charge in [0.1, 0.15) is 16.9 Å². The first kappa shape index (κ1) is 21.4. The SMILES string of the molecule is CC(C(=O)Nc1sccc1C#N)N1CCCN(S(=O)(=O)c2ccc(F)cc2)CC1. The number of hydrogen-bond donors (Lipinski definition) is 1. The number of halogens is 1. The fourth-order valence-electron chi connectivity index (χ4n) is 3.17. The molecule has 2 aromatic rings. The van der Waals surface area contributed by atoms with Crippen molar-refractivity contribution in [2.24, 2.45) is 0 Å². The van der Waals surface area contributed by atoms with Crippen LogP contribution in [0.4, 0.5) is 9.39 Å². The molecule has 0 saturated carbocycles. The Morgan fingerprint density at radius 1 is 1.21 bits per heavy atom. The fourth-order valence-corrected chi connectivity index (χ4v) is 5.38. The quantitative estimate of drug-likeness (QED) is 0.777. The molecule has 0 aliphatic carbocycles. The predicted octanol–water partition coefficient (Wildman–Crippen LogP) is 2.48. The highest BCUT2D eigenvalue weighted by atomic mass is 32.2. The molecule has 7 nitrogen and oxygen atoms in total. The number of nitriles is 1. The van der Waals surface area contributed by atoms with Gasteiger partial charge < -0.3 is 5.32 Å². The Labute approximate surface area is 173 Å². The minimum atomic E-state index is -3.72. The molecule has 1 N–H and O–H groups in total. The average Bonchev–Trinajstić information content (AvgIpc) is 2.99.